The average molecular weight is 362 g/mol. The molecule has 1 amide bonds. The van der Waals surface area contributed by atoms with E-state index in [0.717, 1.165) is 22.0 Å². The number of hydrogen-bond acceptors (Lipinski definition) is 2. The van der Waals surface area contributed by atoms with Crippen molar-refractivity contribution in [3.63, 3.8) is 0 Å². The van der Waals surface area contributed by atoms with Gasteiger partial charge in [0.25, 0.3) is 0 Å². The molecule has 116 valence electrons. The van der Waals surface area contributed by atoms with Gasteiger partial charge in [-0.05, 0) is 43.5 Å². The van der Waals surface area contributed by atoms with E-state index in [9.17, 15) is 4.79 Å². The van der Waals surface area contributed by atoms with E-state index < -0.39 is 6.09 Å². The van der Waals surface area contributed by atoms with Gasteiger partial charge in [0, 0.05) is 10.0 Å². The Morgan fingerprint density at radius 3 is 2.32 bits per heavy atom. The highest BCUT2D eigenvalue weighted by atomic mass is 79.9. The number of amides is 1. The van der Waals surface area contributed by atoms with Crippen LogP contribution in [0.5, 0.6) is 0 Å². The van der Waals surface area contributed by atoms with E-state index in [1.54, 1.807) is 0 Å². The molecule has 0 saturated heterocycles. The molecule has 2 aromatic carbocycles. The molecule has 0 aromatic heterocycles. The first-order valence-electron chi connectivity index (χ1n) is 7.18. The quantitative estimate of drug-likeness (QED) is 0.838. The molecule has 0 fully saturated rings. The van der Waals surface area contributed by atoms with Crippen LogP contribution < -0.4 is 5.32 Å². The summed E-state index contributed by atoms with van der Waals surface area (Å²) in [4.78, 5) is 11.9. The minimum Gasteiger partial charge on any atom is -0.445 e. The number of rotatable bonds is 5. The average Bonchev–Trinajstić information content (AvgIpc) is 2.48. The van der Waals surface area contributed by atoms with E-state index in [2.05, 4.69) is 21.2 Å². The highest BCUT2D eigenvalue weighted by Gasteiger charge is 2.21. The fraction of sp³-hybridized carbons (Fsp3) is 0.278. The first kappa shape index (κ1) is 16.6. The van der Waals surface area contributed by atoms with Gasteiger partial charge in [0.2, 0.25) is 0 Å². The molecule has 0 heterocycles. The van der Waals surface area contributed by atoms with Crippen LogP contribution in [0.1, 0.15) is 25.0 Å². The summed E-state index contributed by atoms with van der Waals surface area (Å²) in [7, 11) is 0. The van der Waals surface area contributed by atoms with Crippen molar-refractivity contribution in [1.29, 1.82) is 0 Å². The molecule has 0 unspecified atom stereocenters. The monoisotopic (exact) mass is 361 g/mol. The van der Waals surface area contributed by atoms with Gasteiger partial charge in [0.15, 0.2) is 0 Å². The van der Waals surface area contributed by atoms with E-state index in [4.69, 9.17) is 4.74 Å². The summed E-state index contributed by atoms with van der Waals surface area (Å²) in [5.41, 5.74) is 1.77. The summed E-state index contributed by atoms with van der Waals surface area (Å²) in [5, 5.41) is 2.92. The number of ether oxygens (including phenoxy) is 1. The minimum absolute atomic E-state index is 0.279. The first-order chi connectivity index (χ1) is 10.4. The molecule has 2 rings (SSSR count). The van der Waals surface area contributed by atoms with Crippen LogP contribution >= 0.6 is 15.9 Å². The van der Waals surface area contributed by atoms with Crippen molar-refractivity contribution in [3.8, 4) is 0 Å². The zero-order valence-corrected chi connectivity index (χ0v) is 14.4. The molecule has 0 bridgehead atoms. The number of nitrogens with one attached hydrogen (secondary N) is 1. The maximum absolute atomic E-state index is 11.9. The first-order valence-corrected chi connectivity index (χ1v) is 7.97. The SMILES string of the molecule is CC(C)(Cc1ccc(Br)cc1)NC(=O)OCc1ccccc1. The third kappa shape index (κ3) is 5.53. The lowest BCUT2D eigenvalue weighted by Gasteiger charge is -2.26. The van der Waals surface area contributed by atoms with Crippen LogP contribution in [0.15, 0.2) is 59.1 Å². The topological polar surface area (TPSA) is 38.3 Å². The summed E-state index contributed by atoms with van der Waals surface area (Å²) < 4.78 is 6.31. The van der Waals surface area contributed by atoms with Crippen LogP contribution in [-0.2, 0) is 17.8 Å². The van der Waals surface area contributed by atoms with Crippen LogP contribution in [0.3, 0.4) is 0 Å². The second-order valence-electron chi connectivity index (χ2n) is 5.87. The number of halogens is 1. The molecule has 1 N–H and O–H groups in total. The van der Waals surface area contributed by atoms with E-state index in [-0.39, 0.29) is 12.1 Å². The Balaban J connectivity index is 1.85. The standard InChI is InChI=1S/C18H20BrNO2/c1-18(2,12-14-8-10-16(19)11-9-14)20-17(21)22-13-15-6-4-3-5-7-15/h3-11H,12-13H2,1-2H3,(H,20,21). The van der Waals surface area contributed by atoms with Crippen LogP contribution in [0.2, 0.25) is 0 Å². The maximum atomic E-state index is 11.9. The molecule has 0 spiro atoms. The molecule has 0 aliphatic rings. The Bertz CT molecular complexity index is 609. The second-order valence-corrected chi connectivity index (χ2v) is 6.79. The Morgan fingerprint density at radius 2 is 1.68 bits per heavy atom. The zero-order chi connectivity index (χ0) is 16.0. The van der Waals surface area contributed by atoms with Gasteiger partial charge in [0.1, 0.15) is 6.61 Å². The number of hydrogen-bond donors (Lipinski definition) is 1. The van der Waals surface area contributed by atoms with Crippen molar-refractivity contribution < 1.29 is 9.53 Å². The second kappa shape index (κ2) is 7.45. The van der Waals surface area contributed by atoms with Gasteiger partial charge in [-0.15, -0.1) is 0 Å². The van der Waals surface area contributed by atoms with E-state index in [1.165, 1.54) is 0 Å². The smallest absolute Gasteiger partial charge is 0.407 e. The molecule has 0 atom stereocenters. The molecule has 0 aliphatic heterocycles. The van der Waals surface area contributed by atoms with E-state index in [1.807, 2.05) is 68.4 Å². The van der Waals surface area contributed by atoms with Crippen LogP contribution in [0.4, 0.5) is 4.79 Å². The molecule has 4 heteroatoms. The third-order valence-corrected chi connectivity index (χ3v) is 3.74. The highest BCUT2D eigenvalue weighted by molar-refractivity contribution is 9.10. The number of carbonyl (C=O) groups excluding carboxylic acids is 1. The summed E-state index contributed by atoms with van der Waals surface area (Å²) in [6, 6.07) is 17.7. The largest absolute Gasteiger partial charge is 0.445 e. The lowest BCUT2D eigenvalue weighted by Crippen LogP contribution is -2.45. The number of benzene rings is 2. The summed E-state index contributed by atoms with van der Waals surface area (Å²) >= 11 is 3.42. The van der Waals surface area contributed by atoms with Gasteiger partial charge in [-0.1, -0.05) is 58.4 Å². The van der Waals surface area contributed by atoms with Crippen LogP contribution in [0.25, 0.3) is 0 Å². The van der Waals surface area contributed by atoms with Gasteiger partial charge in [-0.2, -0.15) is 0 Å². The highest BCUT2D eigenvalue weighted by Crippen LogP contribution is 2.16. The van der Waals surface area contributed by atoms with E-state index in [0.29, 0.717) is 0 Å². The predicted octanol–water partition coefficient (Wildman–Crippen LogP) is 4.70. The minimum atomic E-state index is -0.397. The summed E-state index contributed by atoms with van der Waals surface area (Å²) in [6.07, 6.45) is 0.340. The number of alkyl carbamates (subject to hydrolysis) is 1. The molecule has 0 radical (unpaired) electrons. The van der Waals surface area contributed by atoms with Crippen molar-refractivity contribution >= 4 is 22.0 Å². The molecule has 2 aromatic rings. The Morgan fingerprint density at radius 1 is 1.05 bits per heavy atom. The van der Waals surface area contributed by atoms with Crippen molar-refractivity contribution in [3.05, 3.63) is 70.2 Å². The van der Waals surface area contributed by atoms with Crippen LogP contribution in [-0.4, -0.2) is 11.6 Å². The predicted molar refractivity (Wildman–Crippen MR) is 91.7 cm³/mol. The lowest BCUT2D eigenvalue weighted by molar-refractivity contribution is 0.129. The Hall–Kier alpha value is -1.81. The normalized spacial score (nSPS) is 11.0. The Kier molecular flexibility index (Phi) is 5.61. The molecule has 0 saturated carbocycles. The fourth-order valence-electron chi connectivity index (χ4n) is 2.19. The third-order valence-electron chi connectivity index (χ3n) is 3.21. The molecule has 3 nitrogen and oxygen atoms in total. The summed E-state index contributed by atoms with van der Waals surface area (Å²) in [6.45, 7) is 4.25. The van der Waals surface area contributed by atoms with Crippen molar-refractivity contribution in [2.75, 3.05) is 0 Å². The van der Waals surface area contributed by atoms with Crippen LogP contribution in [0, 0.1) is 0 Å². The van der Waals surface area contributed by atoms with E-state index >= 15 is 0 Å². The van der Waals surface area contributed by atoms with Gasteiger partial charge >= 0.3 is 6.09 Å². The van der Waals surface area contributed by atoms with Gasteiger partial charge in [0.05, 0.1) is 0 Å². The fourth-order valence-corrected chi connectivity index (χ4v) is 2.46. The molecular weight excluding hydrogens is 342 g/mol. The number of carbonyl (C=O) groups is 1. The molecule has 22 heavy (non-hydrogen) atoms. The maximum Gasteiger partial charge on any atom is 0.407 e. The van der Waals surface area contributed by atoms with Gasteiger partial charge in [-0.25, -0.2) is 4.79 Å². The van der Waals surface area contributed by atoms with Crippen molar-refractivity contribution in [1.82, 2.24) is 5.32 Å². The summed E-state index contributed by atoms with van der Waals surface area (Å²) in [5.74, 6) is 0. The Labute approximate surface area is 139 Å². The molecular formula is C18H20BrNO2. The van der Waals surface area contributed by atoms with Crippen molar-refractivity contribution in [2.45, 2.75) is 32.4 Å². The lowest BCUT2D eigenvalue weighted by atomic mass is 9.95. The van der Waals surface area contributed by atoms with Crippen molar-refractivity contribution in [2.24, 2.45) is 0 Å². The zero-order valence-electron chi connectivity index (χ0n) is 12.8. The molecule has 0 aliphatic carbocycles. The van der Waals surface area contributed by atoms with Gasteiger partial charge in [-0.3, -0.25) is 0 Å². The van der Waals surface area contributed by atoms with Gasteiger partial charge < -0.3 is 10.1 Å².